The highest BCUT2D eigenvalue weighted by molar-refractivity contribution is 6.17. The van der Waals surface area contributed by atoms with Crippen LogP contribution in [0.15, 0.2) is 0 Å². The molecule has 0 bridgehead atoms. The van der Waals surface area contributed by atoms with E-state index in [9.17, 15) is 4.79 Å². The zero-order valence-electron chi connectivity index (χ0n) is 3.89. The third-order valence-electron chi connectivity index (χ3n) is 0.464. The molecule has 0 atom stereocenters. The quantitative estimate of drug-likeness (QED) is 0.313. The van der Waals surface area contributed by atoms with Crippen LogP contribution in [-0.2, 0) is 9.53 Å². The summed E-state index contributed by atoms with van der Waals surface area (Å²) in [7, 11) is 0. The molecule has 0 aliphatic heterocycles. The van der Waals surface area contributed by atoms with Crippen molar-refractivity contribution in [3.8, 4) is 0 Å². The van der Waals surface area contributed by atoms with Crippen LogP contribution < -0.4 is 0 Å². The molecule has 0 heterocycles. The molecule has 0 aliphatic carbocycles. The molecule has 0 aliphatic rings. The summed E-state index contributed by atoms with van der Waals surface area (Å²) in [6.45, 7) is 0.861. The summed E-state index contributed by atoms with van der Waals surface area (Å²) in [5.74, 6) is 0.549. The molecule has 0 unspecified atom stereocenters. The molecule has 0 rings (SSSR count). The Morgan fingerprint density at radius 1 is 1.71 bits per heavy atom. The van der Waals surface area contributed by atoms with Gasteiger partial charge in [-0.1, -0.05) is 0 Å². The van der Waals surface area contributed by atoms with Gasteiger partial charge in [0.05, 0.1) is 6.61 Å². The number of halogens is 1. The van der Waals surface area contributed by atoms with Crippen LogP contribution in [-0.4, -0.2) is 19.0 Å². The highest BCUT2D eigenvalue weighted by Crippen LogP contribution is 1.82. The molecule has 3 heteroatoms. The molecule has 0 spiro atoms. The maximum absolute atomic E-state index is 9.41. The van der Waals surface area contributed by atoms with E-state index in [1.165, 1.54) is 0 Å². The number of rotatable bonds is 4. The Morgan fingerprint density at radius 2 is 2.43 bits per heavy atom. The van der Waals surface area contributed by atoms with Crippen LogP contribution in [0.4, 0.5) is 0 Å². The van der Waals surface area contributed by atoms with E-state index in [1.807, 2.05) is 0 Å². The number of carbonyl (C=O) groups excluding carboxylic acids is 1. The van der Waals surface area contributed by atoms with Gasteiger partial charge in [-0.15, -0.1) is 11.6 Å². The van der Waals surface area contributed by atoms with E-state index in [-0.39, 0.29) is 0 Å². The lowest BCUT2D eigenvalue weighted by atomic mass is 10.5. The van der Waals surface area contributed by atoms with Crippen molar-refractivity contribution in [2.24, 2.45) is 0 Å². The third-order valence-corrected chi connectivity index (χ3v) is 0.731. The van der Waals surface area contributed by atoms with E-state index < -0.39 is 0 Å². The van der Waals surface area contributed by atoms with Gasteiger partial charge in [0.1, 0.15) is 0 Å². The van der Waals surface area contributed by atoms with Crippen molar-refractivity contribution in [2.75, 3.05) is 12.5 Å². The molecule has 0 aromatic carbocycles. The zero-order chi connectivity index (χ0) is 5.54. The fourth-order valence-electron chi connectivity index (χ4n) is 0.186. The average molecular weight is 123 g/mol. The van der Waals surface area contributed by atoms with Crippen LogP contribution in [0.1, 0.15) is 6.42 Å². The van der Waals surface area contributed by atoms with E-state index in [0.29, 0.717) is 19.0 Å². The molecule has 0 aromatic rings. The predicted octanol–water partition coefficient (Wildman–Crippen LogP) is 0.788. The highest BCUT2D eigenvalue weighted by atomic mass is 35.5. The molecule has 7 heavy (non-hydrogen) atoms. The van der Waals surface area contributed by atoms with Crippen molar-refractivity contribution in [1.82, 2.24) is 0 Å². The molecule has 0 amide bonds. The first kappa shape index (κ1) is 6.76. The Hall–Kier alpha value is -0.240. The summed E-state index contributed by atoms with van der Waals surface area (Å²) in [4.78, 5) is 9.41. The van der Waals surface area contributed by atoms with E-state index >= 15 is 0 Å². The summed E-state index contributed by atoms with van der Waals surface area (Å²) in [6.07, 6.45) is 0.736. The van der Waals surface area contributed by atoms with Crippen molar-refractivity contribution in [1.29, 1.82) is 0 Å². The lowest BCUT2D eigenvalue weighted by molar-refractivity contribution is -0.128. The normalized spacial score (nSPS) is 8.14. The Balaban J connectivity index is 2.56. The minimum atomic E-state index is 0.423. The van der Waals surface area contributed by atoms with Gasteiger partial charge in [0.2, 0.25) is 0 Å². The predicted molar refractivity (Wildman–Crippen MR) is 27.4 cm³/mol. The molecule has 42 valence electrons. The van der Waals surface area contributed by atoms with E-state index in [4.69, 9.17) is 11.6 Å². The molecule has 2 nitrogen and oxygen atoms in total. The van der Waals surface area contributed by atoms with Crippen LogP contribution >= 0.6 is 11.6 Å². The maximum Gasteiger partial charge on any atom is 0.293 e. The first-order valence-corrected chi connectivity index (χ1v) is 2.56. The smallest absolute Gasteiger partial charge is 0.293 e. The van der Waals surface area contributed by atoms with Crippen LogP contribution in [0.5, 0.6) is 0 Å². The van der Waals surface area contributed by atoms with Gasteiger partial charge >= 0.3 is 0 Å². The van der Waals surface area contributed by atoms with Gasteiger partial charge in [0, 0.05) is 5.88 Å². The van der Waals surface area contributed by atoms with Crippen molar-refractivity contribution < 1.29 is 9.53 Å². The molecule has 0 saturated heterocycles. The summed E-state index contributed by atoms with van der Waals surface area (Å²) < 4.78 is 4.31. The van der Waals surface area contributed by atoms with Gasteiger partial charge in [-0.25, -0.2) is 0 Å². The Morgan fingerprint density at radius 3 is 2.86 bits per heavy atom. The van der Waals surface area contributed by atoms with Crippen molar-refractivity contribution in [2.45, 2.75) is 6.42 Å². The summed E-state index contributed by atoms with van der Waals surface area (Å²) >= 11 is 5.24. The zero-order valence-corrected chi connectivity index (χ0v) is 4.65. The lowest BCUT2D eigenvalue weighted by Gasteiger charge is -1.89. The molecule has 0 radical (unpaired) electrons. The number of alkyl halides is 1. The Labute approximate surface area is 47.4 Å². The second-order valence-corrected chi connectivity index (χ2v) is 1.39. The Bertz CT molecular complexity index is 47.0. The van der Waals surface area contributed by atoms with Crippen molar-refractivity contribution >= 4 is 18.1 Å². The maximum atomic E-state index is 9.41. The second-order valence-electron chi connectivity index (χ2n) is 1.01. The Kier molecular flexibility index (Phi) is 5.56. The number of ether oxygens (including phenoxy) is 1. The minimum Gasteiger partial charge on any atom is -0.468 e. The fraction of sp³-hybridized carbons (Fsp3) is 0.750. The number of carbonyl (C=O) groups is 1. The fourth-order valence-corrected chi connectivity index (χ4v) is 0.295. The summed E-state index contributed by atoms with van der Waals surface area (Å²) in [6, 6.07) is 0. The van der Waals surface area contributed by atoms with Crippen molar-refractivity contribution in [3.63, 3.8) is 0 Å². The van der Waals surface area contributed by atoms with Crippen LogP contribution in [0.2, 0.25) is 0 Å². The van der Waals surface area contributed by atoms with Crippen molar-refractivity contribution in [3.05, 3.63) is 0 Å². The molecule has 0 fully saturated rings. The molecular weight excluding hydrogens is 115 g/mol. The van der Waals surface area contributed by atoms with Crippen LogP contribution in [0.25, 0.3) is 0 Å². The molecular formula is C4H7ClO2. The van der Waals surface area contributed by atoms with Gasteiger partial charge < -0.3 is 4.74 Å². The highest BCUT2D eigenvalue weighted by Gasteiger charge is 1.79. The minimum absolute atomic E-state index is 0.423. The summed E-state index contributed by atoms with van der Waals surface area (Å²) in [5.41, 5.74) is 0. The van der Waals surface area contributed by atoms with Gasteiger partial charge in [-0.2, -0.15) is 0 Å². The van der Waals surface area contributed by atoms with E-state index in [0.717, 1.165) is 6.42 Å². The largest absolute Gasteiger partial charge is 0.468 e. The summed E-state index contributed by atoms with van der Waals surface area (Å²) in [5, 5.41) is 0. The lowest BCUT2D eigenvalue weighted by Crippen LogP contribution is -1.90. The second kappa shape index (κ2) is 5.76. The monoisotopic (exact) mass is 122 g/mol. The first-order valence-electron chi connectivity index (χ1n) is 2.03. The molecule has 0 saturated carbocycles. The SMILES string of the molecule is O=COCCCCl. The topological polar surface area (TPSA) is 26.3 Å². The van der Waals surface area contributed by atoms with E-state index in [2.05, 4.69) is 4.74 Å². The molecule has 0 aromatic heterocycles. The van der Waals surface area contributed by atoms with Gasteiger partial charge in [-0.3, -0.25) is 4.79 Å². The van der Waals surface area contributed by atoms with Gasteiger partial charge in [0.15, 0.2) is 0 Å². The number of hydrogen-bond acceptors (Lipinski definition) is 2. The standard InChI is InChI=1S/C4H7ClO2/c5-2-1-3-7-4-6/h4H,1-3H2. The van der Waals surface area contributed by atoms with Gasteiger partial charge in [-0.05, 0) is 6.42 Å². The van der Waals surface area contributed by atoms with Crippen LogP contribution in [0.3, 0.4) is 0 Å². The van der Waals surface area contributed by atoms with Crippen LogP contribution in [0, 0.1) is 0 Å². The first-order chi connectivity index (χ1) is 3.41. The number of hydrogen-bond donors (Lipinski definition) is 0. The van der Waals surface area contributed by atoms with E-state index in [1.54, 1.807) is 0 Å². The third kappa shape index (κ3) is 5.76. The van der Waals surface area contributed by atoms with Gasteiger partial charge in [0.25, 0.3) is 6.47 Å². The average Bonchev–Trinajstić information content (AvgIpc) is 1.69. The molecule has 0 N–H and O–H groups in total.